The summed E-state index contributed by atoms with van der Waals surface area (Å²) in [5.41, 5.74) is 1.21. The van der Waals surface area contributed by atoms with Gasteiger partial charge in [0.15, 0.2) is 0 Å². The highest BCUT2D eigenvalue weighted by Gasteiger charge is 2.12. The minimum absolute atomic E-state index is 0.228. The SMILES string of the molecule is CN(C)C(=O)c1cc(NC(=O)c2cccc(Cl)c2)ccn1. The first-order valence-electron chi connectivity index (χ1n) is 6.22. The van der Waals surface area contributed by atoms with Gasteiger partial charge in [0.25, 0.3) is 11.8 Å². The second kappa shape index (κ2) is 6.37. The summed E-state index contributed by atoms with van der Waals surface area (Å²) in [5.74, 6) is -0.527. The van der Waals surface area contributed by atoms with E-state index in [9.17, 15) is 9.59 Å². The molecule has 0 saturated carbocycles. The summed E-state index contributed by atoms with van der Waals surface area (Å²) < 4.78 is 0. The van der Waals surface area contributed by atoms with Crippen molar-refractivity contribution in [2.45, 2.75) is 0 Å². The summed E-state index contributed by atoms with van der Waals surface area (Å²) in [4.78, 5) is 29.3. The first-order valence-corrected chi connectivity index (χ1v) is 6.60. The van der Waals surface area contributed by atoms with E-state index in [1.165, 1.54) is 17.2 Å². The molecule has 0 aliphatic heterocycles. The van der Waals surface area contributed by atoms with Crippen molar-refractivity contribution in [1.29, 1.82) is 0 Å². The zero-order chi connectivity index (χ0) is 15.4. The second-order valence-corrected chi connectivity index (χ2v) is 5.03. The van der Waals surface area contributed by atoms with Crippen molar-refractivity contribution in [3.8, 4) is 0 Å². The van der Waals surface area contributed by atoms with Crippen LogP contribution < -0.4 is 5.32 Å². The largest absolute Gasteiger partial charge is 0.343 e. The van der Waals surface area contributed by atoms with Crippen molar-refractivity contribution in [3.05, 3.63) is 58.9 Å². The van der Waals surface area contributed by atoms with Gasteiger partial charge in [-0.25, -0.2) is 0 Å². The third kappa shape index (κ3) is 3.79. The minimum atomic E-state index is -0.299. The molecule has 0 aliphatic rings. The molecular weight excluding hydrogens is 290 g/mol. The molecule has 0 saturated heterocycles. The maximum Gasteiger partial charge on any atom is 0.272 e. The van der Waals surface area contributed by atoms with Crippen molar-refractivity contribution < 1.29 is 9.59 Å². The van der Waals surface area contributed by atoms with Gasteiger partial charge in [0.2, 0.25) is 0 Å². The summed E-state index contributed by atoms with van der Waals surface area (Å²) in [6.45, 7) is 0. The number of hydrogen-bond donors (Lipinski definition) is 1. The fourth-order valence-corrected chi connectivity index (χ4v) is 1.88. The van der Waals surface area contributed by atoms with E-state index in [2.05, 4.69) is 10.3 Å². The lowest BCUT2D eigenvalue weighted by atomic mass is 10.2. The average Bonchev–Trinajstić information content (AvgIpc) is 2.46. The van der Waals surface area contributed by atoms with Crippen molar-refractivity contribution in [2.24, 2.45) is 0 Å². The Balaban J connectivity index is 2.18. The second-order valence-electron chi connectivity index (χ2n) is 4.59. The summed E-state index contributed by atoms with van der Waals surface area (Å²) in [6, 6.07) is 9.78. The number of benzene rings is 1. The van der Waals surface area contributed by atoms with E-state index in [1.54, 1.807) is 44.4 Å². The Morgan fingerprint density at radius 2 is 1.95 bits per heavy atom. The molecule has 21 heavy (non-hydrogen) atoms. The van der Waals surface area contributed by atoms with Gasteiger partial charge in [0, 0.05) is 36.6 Å². The summed E-state index contributed by atoms with van der Waals surface area (Å²) in [5, 5.41) is 3.20. The molecule has 108 valence electrons. The van der Waals surface area contributed by atoms with E-state index in [0.29, 0.717) is 16.3 Å². The highest BCUT2D eigenvalue weighted by atomic mass is 35.5. The zero-order valence-corrected chi connectivity index (χ0v) is 12.4. The number of amides is 2. The molecule has 1 N–H and O–H groups in total. The molecule has 0 radical (unpaired) electrons. The third-order valence-electron chi connectivity index (χ3n) is 2.73. The van der Waals surface area contributed by atoms with E-state index < -0.39 is 0 Å². The van der Waals surface area contributed by atoms with Crippen LogP contribution in [0, 0.1) is 0 Å². The van der Waals surface area contributed by atoms with Gasteiger partial charge in [-0.15, -0.1) is 0 Å². The molecule has 1 aromatic heterocycles. The summed E-state index contributed by atoms with van der Waals surface area (Å²) in [7, 11) is 3.28. The highest BCUT2D eigenvalue weighted by Crippen LogP contribution is 2.14. The van der Waals surface area contributed by atoms with Gasteiger partial charge >= 0.3 is 0 Å². The Kier molecular flexibility index (Phi) is 4.55. The number of nitrogens with zero attached hydrogens (tertiary/aromatic N) is 2. The summed E-state index contributed by atoms with van der Waals surface area (Å²) >= 11 is 5.85. The van der Waals surface area contributed by atoms with Crippen LogP contribution in [-0.2, 0) is 0 Å². The molecule has 2 aromatic rings. The number of hydrogen-bond acceptors (Lipinski definition) is 3. The summed E-state index contributed by atoms with van der Waals surface area (Å²) in [6.07, 6.45) is 1.48. The normalized spacial score (nSPS) is 10.0. The Labute approximate surface area is 127 Å². The van der Waals surface area contributed by atoms with Crippen LogP contribution >= 0.6 is 11.6 Å². The quantitative estimate of drug-likeness (QED) is 0.948. The minimum Gasteiger partial charge on any atom is -0.343 e. The van der Waals surface area contributed by atoms with Crippen LogP contribution in [0.2, 0.25) is 5.02 Å². The maximum absolute atomic E-state index is 12.1. The average molecular weight is 304 g/mol. The van der Waals surface area contributed by atoms with E-state index in [1.807, 2.05) is 0 Å². The first kappa shape index (κ1) is 15.0. The number of halogens is 1. The van der Waals surface area contributed by atoms with Gasteiger partial charge in [0.05, 0.1) is 0 Å². The van der Waals surface area contributed by atoms with Crippen LogP contribution in [0.15, 0.2) is 42.6 Å². The van der Waals surface area contributed by atoms with E-state index in [-0.39, 0.29) is 17.5 Å². The van der Waals surface area contributed by atoms with Gasteiger partial charge in [-0.3, -0.25) is 14.6 Å². The van der Waals surface area contributed by atoms with Gasteiger partial charge in [0.1, 0.15) is 5.69 Å². The lowest BCUT2D eigenvalue weighted by Crippen LogP contribution is -2.23. The monoisotopic (exact) mass is 303 g/mol. The van der Waals surface area contributed by atoms with Crippen molar-refractivity contribution >= 4 is 29.1 Å². The van der Waals surface area contributed by atoms with Crippen molar-refractivity contribution in [2.75, 3.05) is 19.4 Å². The topological polar surface area (TPSA) is 62.3 Å². The smallest absolute Gasteiger partial charge is 0.272 e. The van der Waals surface area contributed by atoms with Gasteiger partial charge < -0.3 is 10.2 Å². The molecule has 0 fully saturated rings. The number of rotatable bonds is 3. The van der Waals surface area contributed by atoms with E-state index >= 15 is 0 Å². The van der Waals surface area contributed by atoms with Gasteiger partial charge in [-0.1, -0.05) is 17.7 Å². The van der Waals surface area contributed by atoms with Gasteiger partial charge in [-0.2, -0.15) is 0 Å². The fraction of sp³-hybridized carbons (Fsp3) is 0.133. The number of pyridine rings is 1. The fourth-order valence-electron chi connectivity index (χ4n) is 1.69. The van der Waals surface area contributed by atoms with Crippen LogP contribution in [0.3, 0.4) is 0 Å². The molecule has 5 nitrogen and oxygen atoms in total. The third-order valence-corrected chi connectivity index (χ3v) is 2.97. The first-order chi connectivity index (χ1) is 9.97. The van der Waals surface area contributed by atoms with Crippen LogP contribution in [0.25, 0.3) is 0 Å². The lowest BCUT2D eigenvalue weighted by molar-refractivity contribution is 0.0821. The van der Waals surface area contributed by atoms with Crippen LogP contribution in [0.5, 0.6) is 0 Å². The van der Waals surface area contributed by atoms with Crippen molar-refractivity contribution in [1.82, 2.24) is 9.88 Å². The van der Waals surface area contributed by atoms with Crippen molar-refractivity contribution in [3.63, 3.8) is 0 Å². The number of carbonyl (C=O) groups excluding carboxylic acids is 2. The molecule has 0 spiro atoms. The molecule has 1 aromatic carbocycles. The molecule has 6 heteroatoms. The molecular formula is C15H14ClN3O2. The zero-order valence-electron chi connectivity index (χ0n) is 11.6. The molecule has 0 bridgehead atoms. The van der Waals surface area contributed by atoms with E-state index in [0.717, 1.165) is 0 Å². The molecule has 1 heterocycles. The van der Waals surface area contributed by atoms with Crippen LogP contribution in [0.1, 0.15) is 20.8 Å². The number of nitrogens with one attached hydrogen (secondary N) is 1. The van der Waals surface area contributed by atoms with E-state index in [4.69, 9.17) is 11.6 Å². The highest BCUT2D eigenvalue weighted by molar-refractivity contribution is 6.31. The molecule has 0 aliphatic carbocycles. The van der Waals surface area contributed by atoms with Gasteiger partial charge in [-0.05, 0) is 30.3 Å². The molecule has 0 atom stereocenters. The standard InChI is InChI=1S/C15H14ClN3O2/c1-19(2)15(21)13-9-12(6-7-17-13)18-14(20)10-4-3-5-11(16)8-10/h3-9H,1-2H3,(H,17,18,20). The molecule has 0 unspecified atom stereocenters. The number of anilines is 1. The van der Waals surface area contributed by atoms with Crippen LogP contribution in [0.4, 0.5) is 5.69 Å². The Morgan fingerprint density at radius 1 is 1.19 bits per heavy atom. The predicted molar refractivity (Wildman–Crippen MR) is 81.7 cm³/mol. The Morgan fingerprint density at radius 3 is 2.62 bits per heavy atom. The predicted octanol–water partition coefficient (Wildman–Crippen LogP) is 2.69. The number of aromatic nitrogens is 1. The van der Waals surface area contributed by atoms with Crippen LogP contribution in [-0.4, -0.2) is 35.8 Å². The lowest BCUT2D eigenvalue weighted by Gasteiger charge is -2.11. The molecule has 2 amide bonds. The Bertz CT molecular complexity index is 686. The number of carbonyl (C=O) groups is 2. The maximum atomic E-state index is 12.1. The Hall–Kier alpha value is -2.40. The molecule has 2 rings (SSSR count).